The van der Waals surface area contributed by atoms with E-state index in [0.29, 0.717) is 17.6 Å². The molecule has 3 rings (SSSR count). The Morgan fingerprint density at radius 2 is 1.77 bits per heavy atom. The lowest BCUT2D eigenvalue weighted by atomic mass is 10.1. The van der Waals surface area contributed by atoms with Gasteiger partial charge in [0.05, 0.1) is 27.7 Å². The van der Waals surface area contributed by atoms with Crippen molar-refractivity contribution in [3.63, 3.8) is 0 Å². The summed E-state index contributed by atoms with van der Waals surface area (Å²) in [5.41, 5.74) is 1.46. The molecule has 2 aromatic heterocycles. The van der Waals surface area contributed by atoms with E-state index in [1.165, 1.54) is 0 Å². The molecule has 0 spiro atoms. The highest BCUT2D eigenvalue weighted by molar-refractivity contribution is 5.99. The largest absolute Gasteiger partial charge is 0.502 e. The quantitative estimate of drug-likeness (QED) is 0.272. The monoisotopic (exact) mass is 407 g/mol. The summed E-state index contributed by atoms with van der Waals surface area (Å²) in [6, 6.07) is 11.9. The van der Waals surface area contributed by atoms with E-state index in [4.69, 9.17) is 0 Å². The van der Waals surface area contributed by atoms with Crippen LogP contribution in [0.5, 0.6) is 5.75 Å². The normalized spacial score (nSPS) is 11.4. The zero-order chi connectivity index (χ0) is 21.5. The minimum absolute atomic E-state index is 0.199. The van der Waals surface area contributed by atoms with Crippen molar-refractivity contribution in [2.45, 2.75) is 0 Å². The summed E-state index contributed by atoms with van der Waals surface area (Å²) in [6.45, 7) is 0. The van der Waals surface area contributed by atoms with Crippen molar-refractivity contribution in [3.8, 4) is 5.75 Å². The third kappa shape index (κ3) is 4.75. The van der Waals surface area contributed by atoms with Crippen molar-refractivity contribution in [1.29, 1.82) is 0 Å². The number of rotatable bonds is 6. The molecule has 0 saturated carbocycles. The SMILES string of the molecule is O=[N+]([O-])c1cc(C=NNC(=Nc2ccccn2)c2ccccn2)c(O)c([N+](=O)[O-])c1. The fourth-order valence-corrected chi connectivity index (χ4v) is 2.31. The average molecular weight is 407 g/mol. The lowest BCUT2D eigenvalue weighted by Crippen LogP contribution is -2.20. The molecule has 12 heteroatoms. The number of nitrogens with one attached hydrogen (secondary N) is 1. The maximum atomic E-state index is 11.0. The molecule has 0 unspecified atom stereocenters. The Hall–Kier alpha value is -4.74. The second-order valence-corrected chi connectivity index (χ2v) is 5.65. The smallest absolute Gasteiger partial charge is 0.318 e. The van der Waals surface area contributed by atoms with Gasteiger partial charge in [0, 0.05) is 18.5 Å². The lowest BCUT2D eigenvalue weighted by molar-refractivity contribution is -0.394. The van der Waals surface area contributed by atoms with E-state index in [-0.39, 0.29) is 11.4 Å². The molecule has 0 radical (unpaired) electrons. The summed E-state index contributed by atoms with van der Waals surface area (Å²) in [5.74, 6) is -0.183. The minimum Gasteiger partial charge on any atom is -0.502 e. The van der Waals surface area contributed by atoms with Crippen molar-refractivity contribution in [2.24, 2.45) is 10.1 Å². The van der Waals surface area contributed by atoms with Crippen molar-refractivity contribution >= 4 is 29.2 Å². The van der Waals surface area contributed by atoms with E-state index < -0.39 is 27.0 Å². The number of nitro benzene ring substituents is 2. The fraction of sp³-hybridized carbons (Fsp3) is 0. The van der Waals surface area contributed by atoms with Crippen LogP contribution in [-0.2, 0) is 0 Å². The third-order valence-corrected chi connectivity index (χ3v) is 3.67. The zero-order valence-corrected chi connectivity index (χ0v) is 15.1. The van der Waals surface area contributed by atoms with Crippen molar-refractivity contribution in [1.82, 2.24) is 15.4 Å². The topological polar surface area (TPSA) is 169 Å². The highest BCUT2D eigenvalue weighted by atomic mass is 16.6. The van der Waals surface area contributed by atoms with Gasteiger partial charge in [-0.3, -0.25) is 30.6 Å². The lowest BCUT2D eigenvalue weighted by Gasteiger charge is -2.05. The molecule has 0 aliphatic carbocycles. The molecule has 0 fully saturated rings. The van der Waals surface area contributed by atoms with Crippen LogP contribution in [0.2, 0.25) is 0 Å². The highest BCUT2D eigenvalue weighted by Gasteiger charge is 2.23. The van der Waals surface area contributed by atoms with E-state index in [1.54, 1.807) is 48.8 Å². The first-order valence-corrected chi connectivity index (χ1v) is 8.31. The predicted molar refractivity (Wildman–Crippen MR) is 107 cm³/mol. The van der Waals surface area contributed by atoms with Crippen LogP contribution in [-0.4, -0.2) is 37.0 Å². The van der Waals surface area contributed by atoms with Crippen molar-refractivity contribution < 1.29 is 15.0 Å². The van der Waals surface area contributed by atoms with E-state index >= 15 is 0 Å². The fourth-order valence-electron chi connectivity index (χ4n) is 2.31. The van der Waals surface area contributed by atoms with Crippen LogP contribution in [0.25, 0.3) is 0 Å². The van der Waals surface area contributed by atoms with Gasteiger partial charge in [-0.2, -0.15) is 5.10 Å². The van der Waals surface area contributed by atoms with Crippen LogP contribution >= 0.6 is 0 Å². The molecular formula is C18H13N7O5. The molecule has 150 valence electrons. The van der Waals surface area contributed by atoms with Crippen LogP contribution in [0.3, 0.4) is 0 Å². The number of phenolic OH excluding ortho intramolecular Hbond substituents is 1. The number of amidine groups is 1. The van der Waals surface area contributed by atoms with Gasteiger partial charge in [-0.25, -0.2) is 9.98 Å². The number of hydrazone groups is 1. The number of nitro groups is 2. The zero-order valence-electron chi connectivity index (χ0n) is 15.1. The summed E-state index contributed by atoms with van der Waals surface area (Å²) in [7, 11) is 0. The molecule has 0 aliphatic rings. The Bertz CT molecular complexity index is 1130. The number of aliphatic imine (C=N–C) groups is 1. The number of non-ortho nitro benzene ring substituents is 1. The molecule has 0 amide bonds. The Morgan fingerprint density at radius 1 is 1.03 bits per heavy atom. The number of phenols is 1. The summed E-state index contributed by atoms with van der Waals surface area (Å²) < 4.78 is 0. The number of aromatic hydroxyl groups is 1. The molecule has 3 aromatic rings. The molecular weight excluding hydrogens is 394 g/mol. The summed E-state index contributed by atoms with van der Waals surface area (Å²) >= 11 is 0. The second-order valence-electron chi connectivity index (χ2n) is 5.65. The predicted octanol–water partition coefficient (Wildman–Crippen LogP) is 2.70. The van der Waals surface area contributed by atoms with Crippen LogP contribution < -0.4 is 5.43 Å². The molecule has 0 atom stereocenters. The van der Waals surface area contributed by atoms with Gasteiger partial charge in [0.1, 0.15) is 5.69 Å². The van der Waals surface area contributed by atoms with Gasteiger partial charge < -0.3 is 5.11 Å². The minimum atomic E-state index is -0.922. The van der Waals surface area contributed by atoms with Crippen LogP contribution in [0.1, 0.15) is 11.3 Å². The van der Waals surface area contributed by atoms with Gasteiger partial charge in [-0.1, -0.05) is 12.1 Å². The Labute approximate surface area is 168 Å². The molecule has 1 aromatic carbocycles. The number of nitrogens with zero attached hydrogens (tertiary/aromatic N) is 6. The van der Waals surface area contributed by atoms with E-state index in [0.717, 1.165) is 12.3 Å². The Kier molecular flexibility index (Phi) is 5.98. The number of pyridine rings is 2. The van der Waals surface area contributed by atoms with Gasteiger partial charge in [-0.05, 0) is 24.3 Å². The summed E-state index contributed by atoms with van der Waals surface area (Å²) in [5, 5.41) is 36.0. The molecule has 30 heavy (non-hydrogen) atoms. The third-order valence-electron chi connectivity index (χ3n) is 3.67. The van der Waals surface area contributed by atoms with Crippen LogP contribution in [0.4, 0.5) is 17.2 Å². The van der Waals surface area contributed by atoms with Crippen LogP contribution in [0, 0.1) is 20.2 Å². The molecule has 12 nitrogen and oxygen atoms in total. The van der Waals surface area contributed by atoms with Crippen LogP contribution in [0.15, 0.2) is 71.0 Å². The number of benzene rings is 1. The van der Waals surface area contributed by atoms with Crippen molar-refractivity contribution in [3.05, 3.63) is 92.4 Å². The van der Waals surface area contributed by atoms with Crippen molar-refractivity contribution in [2.75, 3.05) is 0 Å². The molecule has 0 bridgehead atoms. The number of hydrogen-bond donors (Lipinski definition) is 2. The van der Waals surface area contributed by atoms with E-state index in [1.807, 2.05) is 0 Å². The van der Waals surface area contributed by atoms with Gasteiger partial charge in [0.25, 0.3) is 5.69 Å². The molecule has 0 saturated heterocycles. The van der Waals surface area contributed by atoms with Gasteiger partial charge in [-0.15, -0.1) is 0 Å². The first-order chi connectivity index (χ1) is 14.5. The van der Waals surface area contributed by atoms with Gasteiger partial charge >= 0.3 is 5.69 Å². The molecule has 2 heterocycles. The summed E-state index contributed by atoms with van der Waals surface area (Å²) in [6.07, 6.45) is 4.11. The number of aromatic nitrogens is 2. The summed E-state index contributed by atoms with van der Waals surface area (Å²) in [4.78, 5) is 32.9. The van der Waals surface area contributed by atoms with Gasteiger partial charge in [0.15, 0.2) is 11.7 Å². The first kappa shape index (κ1) is 20.0. The first-order valence-electron chi connectivity index (χ1n) is 8.31. The number of hydrogen-bond acceptors (Lipinski definition) is 9. The molecule has 0 aliphatic heterocycles. The molecule has 2 N–H and O–H groups in total. The maximum Gasteiger partial charge on any atom is 0.318 e. The average Bonchev–Trinajstić information content (AvgIpc) is 2.75. The Balaban J connectivity index is 1.95. The van der Waals surface area contributed by atoms with Gasteiger partial charge in [0.2, 0.25) is 5.75 Å². The maximum absolute atomic E-state index is 11.0. The standard InChI is InChI=1S/C18H13N7O5/c26-17-12(9-13(24(27)28)10-15(17)25(29)30)11-21-23-18(14-5-1-3-7-19-14)22-16-6-2-4-8-20-16/h1-11,26H,(H,20,22,23). The van der Waals surface area contributed by atoms with E-state index in [2.05, 4.69) is 25.5 Å². The second kappa shape index (κ2) is 8.97. The van der Waals surface area contributed by atoms with E-state index in [9.17, 15) is 25.3 Å². The Morgan fingerprint density at radius 3 is 2.37 bits per heavy atom. The highest BCUT2D eigenvalue weighted by Crippen LogP contribution is 2.33.